The second kappa shape index (κ2) is 12.0. The molecule has 0 radical (unpaired) electrons. The smallest absolute Gasteiger partial charge is 0.0991 e. The Balaban J connectivity index is 1.38. The van der Waals surface area contributed by atoms with E-state index in [1.165, 1.54) is 10.8 Å². The lowest BCUT2D eigenvalue weighted by Gasteiger charge is -2.22. The Morgan fingerprint density at radius 2 is 0.885 bits per heavy atom. The zero-order valence-corrected chi connectivity index (χ0v) is 28.2. The summed E-state index contributed by atoms with van der Waals surface area (Å²) in [5.74, 6) is 0. The highest BCUT2D eigenvalue weighted by atomic mass is 15.0. The van der Waals surface area contributed by atoms with Gasteiger partial charge in [0.1, 0.15) is 0 Å². The van der Waals surface area contributed by atoms with Gasteiger partial charge in [0.2, 0.25) is 0 Å². The van der Waals surface area contributed by atoms with Gasteiger partial charge >= 0.3 is 0 Å². The van der Waals surface area contributed by atoms with Crippen molar-refractivity contribution in [1.29, 1.82) is 5.26 Å². The Morgan fingerprint density at radius 3 is 1.54 bits per heavy atom. The fourth-order valence-corrected chi connectivity index (χ4v) is 8.07. The lowest BCUT2D eigenvalue weighted by Crippen LogP contribution is -2.03. The molecule has 0 fully saturated rings. The molecule has 2 aromatic heterocycles. The number of aromatic nitrogens is 2. The van der Waals surface area contributed by atoms with Crippen molar-refractivity contribution in [3.05, 3.63) is 194 Å². The van der Waals surface area contributed by atoms with E-state index in [2.05, 4.69) is 191 Å². The number of hydrogen-bond donors (Lipinski definition) is 0. The number of benzene rings is 8. The number of rotatable bonds is 5. The standard InChI is InChI=1S/C49H31N3/c50-32-33-26-28-47-42(30-33)40-20-9-10-23-44(40)51(47)48-29-27-36(34-14-3-1-4-15-34)31-43(48)41-22-13-21-37(35-16-5-2-6-17-35)49(41)52-45-24-11-7-18-38(45)39-19-8-12-25-46(39)52/h1-31H. The minimum atomic E-state index is 0.652. The normalized spacial score (nSPS) is 11.4. The molecule has 0 atom stereocenters. The van der Waals surface area contributed by atoms with E-state index in [1.807, 2.05) is 12.1 Å². The van der Waals surface area contributed by atoms with E-state index in [0.717, 1.165) is 77.6 Å². The first-order valence-corrected chi connectivity index (χ1v) is 17.6. The van der Waals surface area contributed by atoms with Crippen LogP contribution in [0.4, 0.5) is 0 Å². The zero-order chi connectivity index (χ0) is 34.6. The van der Waals surface area contributed by atoms with E-state index in [0.29, 0.717) is 5.56 Å². The molecule has 3 heteroatoms. The highest BCUT2D eigenvalue weighted by molar-refractivity contribution is 6.12. The molecule has 0 N–H and O–H groups in total. The molecule has 0 aliphatic rings. The maximum Gasteiger partial charge on any atom is 0.0991 e. The molecule has 3 nitrogen and oxygen atoms in total. The summed E-state index contributed by atoms with van der Waals surface area (Å²) >= 11 is 0. The van der Waals surface area contributed by atoms with Crippen molar-refractivity contribution in [3.63, 3.8) is 0 Å². The third-order valence-corrected chi connectivity index (χ3v) is 10.4. The van der Waals surface area contributed by atoms with E-state index in [-0.39, 0.29) is 0 Å². The topological polar surface area (TPSA) is 33.6 Å². The van der Waals surface area contributed by atoms with Gasteiger partial charge in [-0.3, -0.25) is 0 Å². The van der Waals surface area contributed by atoms with Gasteiger partial charge in [-0.05, 0) is 65.2 Å². The Morgan fingerprint density at radius 1 is 0.346 bits per heavy atom. The molecule has 0 amide bonds. The SMILES string of the molecule is N#Cc1ccc2c(c1)c1ccccc1n2-c1ccc(-c2ccccc2)cc1-c1cccc(-c2ccccc2)c1-n1c2ccccc2c2ccccc21. The summed E-state index contributed by atoms with van der Waals surface area (Å²) in [7, 11) is 0. The van der Waals surface area contributed by atoms with Gasteiger partial charge in [-0.15, -0.1) is 0 Å². The highest BCUT2D eigenvalue weighted by Gasteiger charge is 2.23. The van der Waals surface area contributed by atoms with Crippen LogP contribution in [0.5, 0.6) is 0 Å². The summed E-state index contributed by atoms with van der Waals surface area (Å²) in [5, 5.41) is 14.5. The monoisotopic (exact) mass is 661 g/mol. The molecule has 10 aromatic rings. The number of para-hydroxylation sites is 4. The fraction of sp³-hybridized carbons (Fsp3) is 0. The van der Waals surface area contributed by atoms with E-state index in [1.54, 1.807) is 0 Å². The molecule has 0 saturated heterocycles. The lowest BCUT2D eigenvalue weighted by molar-refractivity contribution is 1.16. The van der Waals surface area contributed by atoms with Crippen molar-refractivity contribution in [1.82, 2.24) is 9.13 Å². The quantitative estimate of drug-likeness (QED) is 0.181. The molecule has 0 aliphatic carbocycles. The van der Waals surface area contributed by atoms with Crippen LogP contribution in [0.1, 0.15) is 5.56 Å². The summed E-state index contributed by atoms with van der Waals surface area (Å²) in [6, 6.07) is 69.3. The predicted molar refractivity (Wildman–Crippen MR) is 216 cm³/mol. The average molecular weight is 662 g/mol. The highest BCUT2D eigenvalue weighted by Crippen LogP contribution is 2.45. The van der Waals surface area contributed by atoms with Crippen molar-refractivity contribution >= 4 is 43.6 Å². The van der Waals surface area contributed by atoms with Crippen LogP contribution in [-0.4, -0.2) is 9.13 Å². The van der Waals surface area contributed by atoms with Gasteiger partial charge in [0, 0.05) is 38.2 Å². The summed E-state index contributed by atoms with van der Waals surface area (Å²) in [6.45, 7) is 0. The molecule has 0 unspecified atom stereocenters. The molecule has 0 bridgehead atoms. The van der Waals surface area contributed by atoms with Crippen LogP contribution in [-0.2, 0) is 0 Å². The van der Waals surface area contributed by atoms with Crippen LogP contribution in [0.25, 0.3) is 88.4 Å². The van der Waals surface area contributed by atoms with E-state index in [9.17, 15) is 5.26 Å². The summed E-state index contributed by atoms with van der Waals surface area (Å²) < 4.78 is 4.84. The first-order chi connectivity index (χ1) is 25.8. The Bertz CT molecular complexity index is 2960. The average Bonchev–Trinajstić information content (AvgIpc) is 3.73. The Kier molecular flexibility index (Phi) is 6.87. The van der Waals surface area contributed by atoms with Crippen LogP contribution < -0.4 is 0 Å². The Labute approximate surface area is 301 Å². The molecular weight excluding hydrogens is 631 g/mol. The molecule has 0 spiro atoms. The molecule has 8 aromatic carbocycles. The first kappa shape index (κ1) is 29.7. The van der Waals surface area contributed by atoms with Crippen LogP contribution >= 0.6 is 0 Å². The third-order valence-electron chi connectivity index (χ3n) is 10.4. The van der Waals surface area contributed by atoms with Crippen molar-refractivity contribution in [2.75, 3.05) is 0 Å². The van der Waals surface area contributed by atoms with Gasteiger partial charge in [-0.2, -0.15) is 5.26 Å². The Hall–Kier alpha value is -7.15. The molecule has 0 aliphatic heterocycles. The number of hydrogen-bond acceptors (Lipinski definition) is 1. The number of nitriles is 1. The van der Waals surface area contributed by atoms with Gasteiger partial charge in [0.15, 0.2) is 0 Å². The molecule has 10 rings (SSSR count). The largest absolute Gasteiger partial charge is 0.309 e. The van der Waals surface area contributed by atoms with E-state index >= 15 is 0 Å². The van der Waals surface area contributed by atoms with Gasteiger partial charge < -0.3 is 9.13 Å². The van der Waals surface area contributed by atoms with Gasteiger partial charge in [0.25, 0.3) is 0 Å². The first-order valence-electron chi connectivity index (χ1n) is 17.6. The van der Waals surface area contributed by atoms with Crippen molar-refractivity contribution in [3.8, 4) is 50.8 Å². The van der Waals surface area contributed by atoms with E-state index < -0.39 is 0 Å². The number of fused-ring (bicyclic) bond motifs is 6. The van der Waals surface area contributed by atoms with Crippen LogP contribution in [0.3, 0.4) is 0 Å². The molecule has 52 heavy (non-hydrogen) atoms. The van der Waals surface area contributed by atoms with Gasteiger partial charge in [0.05, 0.1) is 45.1 Å². The van der Waals surface area contributed by atoms with Crippen molar-refractivity contribution in [2.24, 2.45) is 0 Å². The number of nitrogens with zero attached hydrogens (tertiary/aromatic N) is 3. The summed E-state index contributed by atoms with van der Waals surface area (Å²) in [6.07, 6.45) is 0. The minimum absolute atomic E-state index is 0.652. The summed E-state index contributed by atoms with van der Waals surface area (Å²) in [5.41, 5.74) is 14.2. The van der Waals surface area contributed by atoms with Crippen LogP contribution in [0.2, 0.25) is 0 Å². The lowest BCUT2D eigenvalue weighted by atomic mass is 9.92. The third kappa shape index (κ3) is 4.59. The molecule has 0 saturated carbocycles. The minimum Gasteiger partial charge on any atom is -0.309 e. The van der Waals surface area contributed by atoms with Crippen LogP contribution in [0, 0.1) is 11.3 Å². The molecule has 242 valence electrons. The maximum atomic E-state index is 9.86. The molecular formula is C49H31N3. The maximum absolute atomic E-state index is 9.86. The predicted octanol–water partition coefficient (Wildman–Crippen LogP) is 12.8. The molecule has 2 heterocycles. The van der Waals surface area contributed by atoms with Crippen molar-refractivity contribution in [2.45, 2.75) is 0 Å². The van der Waals surface area contributed by atoms with Gasteiger partial charge in [-0.1, -0.05) is 140 Å². The van der Waals surface area contributed by atoms with E-state index in [4.69, 9.17) is 0 Å². The zero-order valence-electron chi connectivity index (χ0n) is 28.2. The summed E-state index contributed by atoms with van der Waals surface area (Å²) in [4.78, 5) is 0. The van der Waals surface area contributed by atoms with Gasteiger partial charge in [-0.25, -0.2) is 0 Å². The van der Waals surface area contributed by atoms with Crippen molar-refractivity contribution < 1.29 is 0 Å². The van der Waals surface area contributed by atoms with Crippen LogP contribution in [0.15, 0.2) is 188 Å². The second-order valence-electron chi connectivity index (χ2n) is 13.2. The second-order valence-corrected chi connectivity index (χ2v) is 13.2. The fourth-order valence-electron chi connectivity index (χ4n) is 8.07.